The lowest BCUT2D eigenvalue weighted by atomic mass is 10.1. The van der Waals surface area contributed by atoms with Crippen molar-refractivity contribution in [2.75, 3.05) is 0 Å². The highest BCUT2D eigenvalue weighted by molar-refractivity contribution is 5.83. The third kappa shape index (κ3) is 4.38. The number of hydrogen-bond donors (Lipinski definition) is 3. The molecule has 0 saturated carbocycles. The van der Waals surface area contributed by atoms with Crippen LogP contribution in [0.5, 0.6) is 0 Å². The van der Waals surface area contributed by atoms with E-state index in [1.807, 2.05) is 60.8 Å². The first-order valence-electron chi connectivity index (χ1n) is 7.98. The Morgan fingerprint density at radius 2 is 1.88 bits per heavy atom. The predicted molar refractivity (Wildman–Crippen MR) is 94.8 cm³/mol. The fourth-order valence-electron chi connectivity index (χ4n) is 2.66. The molecule has 0 bridgehead atoms. The van der Waals surface area contributed by atoms with Gasteiger partial charge in [-0.25, -0.2) is 4.79 Å². The van der Waals surface area contributed by atoms with E-state index in [2.05, 4.69) is 15.6 Å². The van der Waals surface area contributed by atoms with Crippen LogP contribution < -0.4 is 10.6 Å². The highest BCUT2D eigenvalue weighted by Crippen LogP contribution is 2.18. The third-order valence-electron chi connectivity index (χ3n) is 3.87. The van der Waals surface area contributed by atoms with Gasteiger partial charge in [0.2, 0.25) is 6.41 Å². The zero-order chi connectivity index (χ0) is 17.5. The summed E-state index contributed by atoms with van der Waals surface area (Å²) in [6, 6.07) is 17.3. The van der Waals surface area contributed by atoms with E-state index < -0.39 is 12.3 Å². The summed E-state index contributed by atoms with van der Waals surface area (Å²) >= 11 is 0. The number of benzene rings is 2. The smallest absolute Gasteiger partial charge is 0.409 e. The van der Waals surface area contributed by atoms with Crippen molar-refractivity contribution in [2.45, 2.75) is 19.2 Å². The molecule has 2 amide bonds. The molecule has 1 aromatic heterocycles. The van der Waals surface area contributed by atoms with Crippen LogP contribution in [0.3, 0.4) is 0 Å². The molecule has 1 atom stereocenters. The number of para-hydroxylation sites is 1. The maximum absolute atomic E-state index is 12.0. The molecule has 0 aliphatic rings. The van der Waals surface area contributed by atoms with Crippen LogP contribution in [-0.4, -0.2) is 23.7 Å². The lowest BCUT2D eigenvalue weighted by Gasteiger charge is -2.17. The molecule has 3 aromatic rings. The minimum Gasteiger partial charge on any atom is -0.445 e. The van der Waals surface area contributed by atoms with E-state index in [0.29, 0.717) is 12.8 Å². The van der Waals surface area contributed by atoms with Gasteiger partial charge in [0.15, 0.2) is 0 Å². The Morgan fingerprint density at radius 3 is 2.68 bits per heavy atom. The van der Waals surface area contributed by atoms with E-state index in [4.69, 9.17) is 4.74 Å². The van der Waals surface area contributed by atoms with E-state index in [9.17, 15) is 9.59 Å². The molecule has 0 radical (unpaired) electrons. The summed E-state index contributed by atoms with van der Waals surface area (Å²) in [6.45, 7) is 0.174. The number of rotatable bonds is 7. The Kier molecular flexibility index (Phi) is 5.31. The zero-order valence-electron chi connectivity index (χ0n) is 13.6. The number of H-pyrrole nitrogens is 1. The number of nitrogens with one attached hydrogen (secondary N) is 3. The topological polar surface area (TPSA) is 83.2 Å². The van der Waals surface area contributed by atoms with Gasteiger partial charge in [0.05, 0.1) is 0 Å². The van der Waals surface area contributed by atoms with Gasteiger partial charge in [-0.1, -0.05) is 48.5 Å². The van der Waals surface area contributed by atoms with Crippen LogP contribution in [0.15, 0.2) is 60.8 Å². The third-order valence-corrected chi connectivity index (χ3v) is 3.87. The number of carbonyl (C=O) groups excluding carboxylic acids is 2. The quantitative estimate of drug-likeness (QED) is 0.458. The van der Waals surface area contributed by atoms with Crippen LogP contribution in [-0.2, 0) is 22.6 Å². The number of ether oxygens (including phenoxy) is 1. The number of aromatic amines is 1. The van der Waals surface area contributed by atoms with Gasteiger partial charge in [-0.05, 0) is 17.2 Å². The molecule has 0 aliphatic carbocycles. The molecule has 1 heterocycles. The van der Waals surface area contributed by atoms with Gasteiger partial charge in [0.25, 0.3) is 0 Å². The summed E-state index contributed by atoms with van der Waals surface area (Å²) in [5.41, 5.74) is 2.90. The molecular formula is C19H19N3O3. The summed E-state index contributed by atoms with van der Waals surface area (Å²) in [4.78, 5) is 26.0. The normalized spacial score (nSPS) is 11.7. The molecule has 0 saturated heterocycles. The molecule has 0 spiro atoms. The van der Waals surface area contributed by atoms with Crippen molar-refractivity contribution in [3.8, 4) is 0 Å². The predicted octanol–water partition coefficient (Wildman–Crippen LogP) is 2.71. The largest absolute Gasteiger partial charge is 0.445 e. The molecule has 3 rings (SSSR count). The van der Waals surface area contributed by atoms with Crippen LogP contribution in [0.4, 0.5) is 4.79 Å². The maximum Gasteiger partial charge on any atom is 0.409 e. The molecule has 6 heteroatoms. The van der Waals surface area contributed by atoms with Gasteiger partial charge in [-0.2, -0.15) is 0 Å². The molecule has 128 valence electrons. The molecule has 0 unspecified atom stereocenters. The lowest BCUT2D eigenvalue weighted by Crippen LogP contribution is -2.46. The van der Waals surface area contributed by atoms with Gasteiger partial charge >= 0.3 is 6.09 Å². The fraction of sp³-hybridized carbons (Fsp3) is 0.158. The van der Waals surface area contributed by atoms with Gasteiger partial charge in [-0.15, -0.1) is 0 Å². The molecule has 25 heavy (non-hydrogen) atoms. The molecular weight excluding hydrogens is 318 g/mol. The minimum absolute atomic E-state index is 0.174. The first-order valence-corrected chi connectivity index (χ1v) is 7.98. The van der Waals surface area contributed by atoms with E-state index in [1.54, 1.807) is 0 Å². The average molecular weight is 337 g/mol. The zero-order valence-corrected chi connectivity index (χ0v) is 13.6. The molecule has 3 N–H and O–H groups in total. The summed E-state index contributed by atoms with van der Waals surface area (Å²) in [6.07, 6.45) is 1.75. The Labute approximate surface area is 145 Å². The first kappa shape index (κ1) is 16.6. The summed E-state index contributed by atoms with van der Waals surface area (Å²) in [7, 11) is 0. The Balaban J connectivity index is 1.60. The molecule has 2 aromatic carbocycles. The van der Waals surface area contributed by atoms with Gasteiger partial charge in [0.1, 0.15) is 12.8 Å². The van der Waals surface area contributed by atoms with Crippen molar-refractivity contribution < 1.29 is 14.3 Å². The van der Waals surface area contributed by atoms with Gasteiger partial charge in [-0.3, -0.25) is 4.79 Å². The molecule has 0 fully saturated rings. The SMILES string of the molecule is O=CN[C@H](Cc1c[nH]c2ccccc12)NC(=O)OCc1ccccc1. The Bertz CT molecular complexity index is 845. The average Bonchev–Trinajstić information content (AvgIpc) is 3.04. The number of amides is 2. The minimum atomic E-state index is -0.581. The highest BCUT2D eigenvalue weighted by Gasteiger charge is 2.15. The van der Waals surface area contributed by atoms with Crippen molar-refractivity contribution in [2.24, 2.45) is 0 Å². The standard InChI is InChI=1S/C19H19N3O3/c23-13-21-18(10-15-11-20-17-9-5-4-8-16(15)17)22-19(24)25-12-14-6-2-1-3-7-14/h1-9,11,13,18,20H,10,12H2,(H,21,23)(H,22,24)/t18-/m0/s1. The van der Waals surface area contributed by atoms with Crippen molar-refractivity contribution in [3.63, 3.8) is 0 Å². The van der Waals surface area contributed by atoms with Crippen LogP contribution in [0, 0.1) is 0 Å². The maximum atomic E-state index is 12.0. The van der Waals surface area contributed by atoms with Crippen molar-refractivity contribution in [1.82, 2.24) is 15.6 Å². The second kappa shape index (κ2) is 8.01. The van der Waals surface area contributed by atoms with E-state index in [-0.39, 0.29) is 6.61 Å². The van der Waals surface area contributed by atoms with Crippen molar-refractivity contribution in [3.05, 3.63) is 71.9 Å². The number of carbonyl (C=O) groups is 2. The second-order valence-electron chi connectivity index (χ2n) is 5.61. The lowest BCUT2D eigenvalue weighted by molar-refractivity contribution is -0.110. The van der Waals surface area contributed by atoms with E-state index in [1.165, 1.54) is 0 Å². The number of alkyl carbamates (subject to hydrolysis) is 1. The number of hydrogen-bond acceptors (Lipinski definition) is 3. The first-order chi connectivity index (χ1) is 12.3. The summed E-state index contributed by atoms with van der Waals surface area (Å²) < 4.78 is 5.20. The monoisotopic (exact) mass is 337 g/mol. The van der Waals surface area contributed by atoms with Crippen LogP contribution in [0.2, 0.25) is 0 Å². The van der Waals surface area contributed by atoms with Crippen LogP contribution >= 0.6 is 0 Å². The summed E-state index contributed by atoms with van der Waals surface area (Å²) in [5, 5.41) is 6.34. The van der Waals surface area contributed by atoms with Crippen LogP contribution in [0.1, 0.15) is 11.1 Å². The highest BCUT2D eigenvalue weighted by atomic mass is 16.5. The van der Waals surface area contributed by atoms with E-state index >= 15 is 0 Å². The second-order valence-corrected chi connectivity index (χ2v) is 5.61. The van der Waals surface area contributed by atoms with Crippen LogP contribution in [0.25, 0.3) is 10.9 Å². The Morgan fingerprint density at radius 1 is 1.12 bits per heavy atom. The fourth-order valence-corrected chi connectivity index (χ4v) is 2.66. The van der Waals surface area contributed by atoms with E-state index in [0.717, 1.165) is 22.0 Å². The molecule has 6 nitrogen and oxygen atoms in total. The number of aromatic nitrogens is 1. The van der Waals surface area contributed by atoms with Gasteiger partial charge < -0.3 is 20.4 Å². The van der Waals surface area contributed by atoms with Crippen molar-refractivity contribution in [1.29, 1.82) is 0 Å². The molecule has 0 aliphatic heterocycles. The Hall–Kier alpha value is -3.28. The van der Waals surface area contributed by atoms with Crippen molar-refractivity contribution >= 4 is 23.4 Å². The number of fused-ring (bicyclic) bond motifs is 1. The summed E-state index contributed by atoms with van der Waals surface area (Å²) in [5.74, 6) is 0. The van der Waals surface area contributed by atoms with Gasteiger partial charge in [0, 0.05) is 23.5 Å².